The van der Waals surface area contributed by atoms with Gasteiger partial charge < -0.3 is 20.7 Å². The fourth-order valence-corrected chi connectivity index (χ4v) is 1.91. The van der Waals surface area contributed by atoms with Gasteiger partial charge in [0.1, 0.15) is 5.75 Å². The average molecular weight is 265 g/mol. The highest BCUT2D eigenvalue weighted by atomic mass is 16.5. The van der Waals surface area contributed by atoms with E-state index in [4.69, 9.17) is 10.5 Å². The molecular formula is C14H23N3O2. The highest BCUT2D eigenvalue weighted by molar-refractivity contribution is 5.95. The van der Waals surface area contributed by atoms with Crippen LogP contribution in [-0.4, -0.2) is 26.1 Å². The monoisotopic (exact) mass is 265 g/mol. The molecule has 0 aliphatic rings. The lowest BCUT2D eigenvalue weighted by Crippen LogP contribution is -2.23. The molecule has 0 fully saturated rings. The Labute approximate surface area is 114 Å². The summed E-state index contributed by atoms with van der Waals surface area (Å²) in [5, 5.41) is 2.81. The van der Waals surface area contributed by atoms with Gasteiger partial charge in [0, 0.05) is 25.6 Å². The molecule has 1 rings (SSSR count). The molecule has 1 amide bonds. The molecule has 0 aliphatic heterocycles. The van der Waals surface area contributed by atoms with Crippen LogP contribution < -0.4 is 20.7 Å². The van der Waals surface area contributed by atoms with Crippen molar-refractivity contribution in [3.63, 3.8) is 0 Å². The van der Waals surface area contributed by atoms with Crippen molar-refractivity contribution in [3.05, 3.63) is 12.1 Å². The number of ether oxygens (including phenoxy) is 1. The highest BCUT2D eigenvalue weighted by Gasteiger charge is 2.14. The summed E-state index contributed by atoms with van der Waals surface area (Å²) in [6.45, 7) is 7.67. The smallest absolute Gasteiger partial charge is 0.224 e. The summed E-state index contributed by atoms with van der Waals surface area (Å²) < 4.78 is 5.36. The zero-order chi connectivity index (χ0) is 14.4. The second kappa shape index (κ2) is 6.87. The maximum Gasteiger partial charge on any atom is 0.224 e. The lowest BCUT2D eigenvalue weighted by atomic mass is 10.2. The van der Waals surface area contributed by atoms with E-state index in [0.717, 1.165) is 24.5 Å². The predicted molar refractivity (Wildman–Crippen MR) is 79.9 cm³/mol. The van der Waals surface area contributed by atoms with Crippen molar-refractivity contribution in [2.24, 2.45) is 0 Å². The molecule has 5 heteroatoms. The maximum absolute atomic E-state index is 11.5. The highest BCUT2D eigenvalue weighted by Crippen LogP contribution is 2.35. The maximum atomic E-state index is 11.5. The van der Waals surface area contributed by atoms with Gasteiger partial charge in [-0.05, 0) is 19.9 Å². The van der Waals surface area contributed by atoms with E-state index in [-0.39, 0.29) is 5.91 Å². The van der Waals surface area contributed by atoms with Gasteiger partial charge in [-0.3, -0.25) is 4.79 Å². The molecule has 3 N–H and O–H groups in total. The third-order valence-electron chi connectivity index (χ3n) is 3.05. The van der Waals surface area contributed by atoms with Gasteiger partial charge in [0.05, 0.1) is 24.2 Å². The van der Waals surface area contributed by atoms with Crippen molar-refractivity contribution >= 4 is 23.0 Å². The van der Waals surface area contributed by atoms with Gasteiger partial charge in [0.2, 0.25) is 5.91 Å². The van der Waals surface area contributed by atoms with Gasteiger partial charge in [-0.25, -0.2) is 0 Å². The van der Waals surface area contributed by atoms with Crippen LogP contribution in [0.4, 0.5) is 17.1 Å². The number of anilines is 3. The predicted octanol–water partition coefficient (Wildman–Crippen LogP) is 2.47. The van der Waals surface area contributed by atoms with Crippen LogP contribution in [0.25, 0.3) is 0 Å². The first kappa shape index (κ1) is 15.1. The van der Waals surface area contributed by atoms with E-state index in [0.29, 0.717) is 17.8 Å². The van der Waals surface area contributed by atoms with Crippen LogP contribution >= 0.6 is 0 Å². The van der Waals surface area contributed by atoms with Crippen molar-refractivity contribution in [2.75, 3.05) is 36.1 Å². The third kappa shape index (κ3) is 3.53. The lowest BCUT2D eigenvalue weighted by molar-refractivity contribution is -0.115. The number of carbonyl (C=O) groups excluding carboxylic acids is 1. The van der Waals surface area contributed by atoms with Crippen molar-refractivity contribution in [1.82, 2.24) is 0 Å². The second-order valence-electron chi connectivity index (χ2n) is 4.19. The fourth-order valence-electron chi connectivity index (χ4n) is 1.91. The minimum atomic E-state index is -0.0534. The van der Waals surface area contributed by atoms with Gasteiger partial charge in [-0.1, -0.05) is 6.92 Å². The van der Waals surface area contributed by atoms with Crippen LogP contribution in [0.1, 0.15) is 27.2 Å². The molecule has 1 aromatic carbocycles. The summed E-state index contributed by atoms with van der Waals surface area (Å²) >= 11 is 0. The molecule has 0 saturated carbocycles. The van der Waals surface area contributed by atoms with Gasteiger partial charge in [0.25, 0.3) is 0 Å². The number of rotatable bonds is 6. The van der Waals surface area contributed by atoms with E-state index in [9.17, 15) is 4.79 Å². The van der Waals surface area contributed by atoms with Gasteiger partial charge >= 0.3 is 0 Å². The molecule has 0 spiro atoms. The van der Waals surface area contributed by atoms with Crippen molar-refractivity contribution in [2.45, 2.75) is 27.2 Å². The number of nitrogens with two attached hydrogens (primary N) is 1. The standard InChI is InChI=1S/C14H23N3O2/c1-5-14(18)16-11-9-12(17(6-2)7-3)13(19-4)8-10(11)15/h8-9H,5-7,15H2,1-4H3,(H,16,18). The molecule has 0 heterocycles. The number of nitrogen functional groups attached to an aromatic ring is 1. The van der Waals surface area contributed by atoms with E-state index >= 15 is 0 Å². The van der Waals surface area contributed by atoms with Crippen molar-refractivity contribution < 1.29 is 9.53 Å². The van der Waals surface area contributed by atoms with E-state index in [2.05, 4.69) is 24.1 Å². The zero-order valence-electron chi connectivity index (χ0n) is 12.1. The normalized spacial score (nSPS) is 10.1. The summed E-state index contributed by atoms with van der Waals surface area (Å²) in [5.74, 6) is 0.665. The van der Waals surface area contributed by atoms with Crippen LogP contribution in [0.3, 0.4) is 0 Å². The Bertz CT molecular complexity index is 443. The number of hydrogen-bond donors (Lipinski definition) is 2. The van der Waals surface area contributed by atoms with Crippen LogP contribution in [0.2, 0.25) is 0 Å². The van der Waals surface area contributed by atoms with E-state index in [1.165, 1.54) is 0 Å². The Hall–Kier alpha value is -1.91. The molecule has 0 radical (unpaired) electrons. The number of methoxy groups -OCH3 is 1. The number of nitrogens with zero attached hydrogens (tertiary/aromatic N) is 1. The first-order valence-electron chi connectivity index (χ1n) is 6.59. The molecule has 0 unspecified atom stereocenters. The number of hydrogen-bond acceptors (Lipinski definition) is 4. The fraction of sp³-hybridized carbons (Fsp3) is 0.500. The van der Waals surface area contributed by atoms with Crippen LogP contribution in [0.5, 0.6) is 5.75 Å². The molecule has 0 saturated heterocycles. The lowest BCUT2D eigenvalue weighted by Gasteiger charge is -2.24. The quantitative estimate of drug-likeness (QED) is 0.775. The summed E-state index contributed by atoms with van der Waals surface area (Å²) in [6.07, 6.45) is 0.423. The number of amides is 1. The summed E-state index contributed by atoms with van der Waals surface area (Å²) in [6, 6.07) is 3.62. The topological polar surface area (TPSA) is 67.6 Å². The molecule has 1 aromatic rings. The first-order chi connectivity index (χ1) is 9.07. The summed E-state index contributed by atoms with van der Waals surface area (Å²) in [7, 11) is 1.62. The number of benzene rings is 1. The Kier molecular flexibility index (Phi) is 5.48. The van der Waals surface area contributed by atoms with Crippen LogP contribution in [0.15, 0.2) is 12.1 Å². The average Bonchev–Trinajstić information content (AvgIpc) is 2.42. The molecule has 0 atom stereocenters. The molecule has 106 valence electrons. The minimum absolute atomic E-state index is 0.0534. The molecule has 19 heavy (non-hydrogen) atoms. The second-order valence-corrected chi connectivity index (χ2v) is 4.19. The summed E-state index contributed by atoms with van der Waals surface area (Å²) in [4.78, 5) is 13.6. The van der Waals surface area contributed by atoms with Gasteiger partial charge in [0.15, 0.2) is 0 Å². The molecule has 0 bridgehead atoms. The zero-order valence-corrected chi connectivity index (χ0v) is 12.1. The molecule has 0 aromatic heterocycles. The first-order valence-corrected chi connectivity index (χ1v) is 6.59. The SMILES string of the molecule is CCC(=O)Nc1cc(N(CC)CC)c(OC)cc1N. The summed E-state index contributed by atoms with van der Waals surface area (Å²) in [5.41, 5.74) is 8.02. The van der Waals surface area contributed by atoms with Crippen LogP contribution in [0, 0.1) is 0 Å². The molecule has 0 aliphatic carbocycles. The number of carbonyl (C=O) groups is 1. The van der Waals surface area contributed by atoms with Crippen LogP contribution in [-0.2, 0) is 4.79 Å². The van der Waals surface area contributed by atoms with E-state index in [1.54, 1.807) is 20.1 Å². The Morgan fingerprint density at radius 2 is 1.95 bits per heavy atom. The van der Waals surface area contributed by atoms with E-state index in [1.807, 2.05) is 6.07 Å². The number of nitrogens with one attached hydrogen (secondary N) is 1. The van der Waals surface area contributed by atoms with Gasteiger partial charge in [-0.15, -0.1) is 0 Å². The third-order valence-corrected chi connectivity index (χ3v) is 3.05. The van der Waals surface area contributed by atoms with E-state index < -0.39 is 0 Å². The van der Waals surface area contributed by atoms with Crippen molar-refractivity contribution in [3.8, 4) is 5.75 Å². The molecule has 5 nitrogen and oxygen atoms in total. The minimum Gasteiger partial charge on any atom is -0.495 e. The largest absolute Gasteiger partial charge is 0.495 e. The van der Waals surface area contributed by atoms with Gasteiger partial charge in [-0.2, -0.15) is 0 Å². The van der Waals surface area contributed by atoms with Crippen molar-refractivity contribution in [1.29, 1.82) is 0 Å². The molecular weight excluding hydrogens is 242 g/mol. The Morgan fingerprint density at radius 3 is 2.42 bits per heavy atom. The Balaban J connectivity index is 3.20. The Morgan fingerprint density at radius 1 is 1.32 bits per heavy atom.